The highest BCUT2D eigenvalue weighted by molar-refractivity contribution is 6.32. The minimum atomic E-state index is -0.774. The van der Waals surface area contributed by atoms with Crippen molar-refractivity contribution in [2.75, 3.05) is 20.3 Å². The second-order valence-corrected chi connectivity index (χ2v) is 4.91. The van der Waals surface area contributed by atoms with Crippen LogP contribution >= 0.6 is 11.6 Å². The van der Waals surface area contributed by atoms with Crippen LogP contribution in [0.25, 0.3) is 0 Å². The summed E-state index contributed by atoms with van der Waals surface area (Å²) in [5.74, 6) is 0.639. The molecule has 0 aliphatic carbocycles. The van der Waals surface area contributed by atoms with Gasteiger partial charge in [0.1, 0.15) is 19.0 Å². The average Bonchev–Trinajstić information content (AvgIpc) is 2.42. The van der Waals surface area contributed by atoms with Gasteiger partial charge in [-0.25, -0.2) is 0 Å². The quantitative estimate of drug-likeness (QED) is 0.747. The van der Waals surface area contributed by atoms with Gasteiger partial charge in [0.05, 0.1) is 24.8 Å². The van der Waals surface area contributed by atoms with Crippen LogP contribution in [0.15, 0.2) is 12.1 Å². The van der Waals surface area contributed by atoms with Gasteiger partial charge >= 0.3 is 0 Å². The molecule has 1 unspecified atom stereocenters. The number of aliphatic hydroxyl groups is 1. The molecular formula is C14H19ClO5. The Balaban J connectivity index is 2.69. The highest BCUT2D eigenvalue weighted by atomic mass is 35.5. The molecule has 0 fully saturated rings. The molecule has 1 atom stereocenters. The number of hydrogen-bond donors (Lipinski definition) is 1. The van der Waals surface area contributed by atoms with E-state index in [1.807, 2.05) is 13.8 Å². The van der Waals surface area contributed by atoms with Gasteiger partial charge in [0.25, 0.3) is 0 Å². The zero-order chi connectivity index (χ0) is 15.1. The van der Waals surface area contributed by atoms with Crippen molar-refractivity contribution in [3.8, 4) is 11.5 Å². The van der Waals surface area contributed by atoms with E-state index in [2.05, 4.69) is 0 Å². The summed E-state index contributed by atoms with van der Waals surface area (Å²) in [6, 6.07) is 2.99. The lowest BCUT2D eigenvalue weighted by molar-refractivity contribution is -0.0125. The van der Waals surface area contributed by atoms with Crippen molar-refractivity contribution in [2.45, 2.75) is 26.1 Å². The van der Waals surface area contributed by atoms with E-state index in [-0.39, 0.29) is 24.3 Å². The Morgan fingerprint density at radius 3 is 2.60 bits per heavy atom. The third-order valence-electron chi connectivity index (χ3n) is 2.43. The van der Waals surface area contributed by atoms with Gasteiger partial charge in [-0.3, -0.25) is 4.79 Å². The Kier molecular flexibility index (Phi) is 6.78. The number of halogens is 1. The number of ether oxygens (including phenoxy) is 3. The number of carbonyl (C=O) groups excluding carboxylic acids is 1. The van der Waals surface area contributed by atoms with Gasteiger partial charge in [-0.2, -0.15) is 0 Å². The van der Waals surface area contributed by atoms with Gasteiger partial charge in [-0.05, 0) is 26.0 Å². The number of aliphatic hydroxyl groups excluding tert-OH is 1. The lowest BCUT2D eigenvalue weighted by Crippen LogP contribution is -2.25. The third-order valence-corrected chi connectivity index (χ3v) is 2.71. The molecule has 0 saturated carbocycles. The maximum atomic E-state index is 10.7. The van der Waals surface area contributed by atoms with Gasteiger partial charge in [-0.15, -0.1) is 0 Å². The molecule has 0 bridgehead atoms. The van der Waals surface area contributed by atoms with E-state index in [0.717, 1.165) is 0 Å². The van der Waals surface area contributed by atoms with Crippen LogP contribution in [0.3, 0.4) is 0 Å². The third kappa shape index (κ3) is 5.00. The largest absolute Gasteiger partial charge is 0.493 e. The van der Waals surface area contributed by atoms with Crippen molar-refractivity contribution in [2.24, 2.45) is 0 Å². The van der Waals surface area contributed by atoms with E-state index in [1.165, 1.54) is 19.2 Å². The molecule has 1 N–H and O–H groups in total. The molecule has 112 valence electrons. The Hall–Kier alpha value is -1.30. The van der Waals surface area contributed by atoms with Crippen LogP contribution in [0.5, 0.6) is 11.5 Å². The van der Waals surface area contributed by atoms with E-state index in [1.54, 1.807) is 0 Å². The summed E-state index contributed by atoms with van der Waals surface area (Å²) in [6.07, 6.45) is -0.0673. The molecule has 0 aromatic heterocycles. The summed E-state index contributed by atoms with van der Waals surface area (Å²) in [5, 5.41) is 9.98. The normalized spacial score (nSPS) is 12.3. The number of aldehydes is 1. The van der Waals surface area contributed by atoms with Crippen molar-refractivity contribution in [3.05, 3.63) is 22.7 Å². The van der Waals surface area contributed by atoms with Gasteiger partial charge in [0.15, 0.2) is 11.5 Å². The van der Waals surface area contributed by atoms with Crippen LogP contribution in [-0.2, 0) is 4.74 Å². The molecule has 0 saturated heterocycles. The first-order chi connectivity index (χ1) is 9.47. The predicted molar refractivity (Wildman–Crippen MR) is 76.0 cm³/mol. The van der Waals surface area contributed by atoms with Crippen molar-refractivity contribution in [1.29, 1.82) is 0 Å². The second kappa shape index (κ2) is 8.09. The molecule has 1 aromatic rings. The fraction of sp³-hybridized carbons (Fsp3) is 0.500. The fourth-order valence-electron chi connectivity index (χ4n) is 1.48. The first-order valence-corrected chi connectivity index (χ1v) is 6.60. The van der Waals surface area contributed by atoms with Gasteiger partial charge < -0.3 is 19.3 Å². The molecule has 20 heavy (non-hydrogen) atoms. The lowest BCUT2D eigenvalue weighted by Gasteiger charge is -2.17. The molecule has 6 heteroatoms. The topological polar surface area (TPSA) is 65.0 Å². The maximum absolute atomic E-state index is 10.7. The van der Waals surface area contributed by atoms with Crippen LogP contribution in [0.1, 0.15) is 24.2 Å². The lowest BCUT2D eigenvalue weighted by atomic mass is 10.2. The number of methoxy groups -OCH3 is 1. The highest BCUT2D eigenvalue weighted by Crippen LogP contribution is 2.36. The summed E-state index contributed by atoms with van der Waals surface area (Å²) < 4.78 is 15.8. The summed E-state index contributed by atoms with van der Waals surface area (Å²) in [7, 11) is 1.45. The molecule has 1 aromatic carbocycles. The smallest absolute Gasteiger partial charge is 0.179 e. The Morgan fingerprint density at radius 1 is 1.35 bits per heavy atom. The van der Waals surface area contributed by atoms with E-state index in [9.17, 15) is 9.90 Å². The molecule has 0 spiro atoms. The van der Waals surface area contributed by atoms with Gasteiger partial charge in [0, 0.05) is 5.56 Å². The van der Waals surface area contributed by atoms with E-state index in [0.29, 0.717) is 23.3 Å². The van der Waals surface area contributed by atoms with Crippen LogP contribution < -0.4 is 9.47 Å². The SMILES string of the molecule is COc1cc(C=O)cc(Cl)c1OCC(O)COC(C)C. The Morgan fingerprint density at radius 2 is 2.05 bits per heavy atom. The Labute approximate surface area is 123 Å². The van der Waals surface area contributed by atoms with Crippen molar-refractivity contribution in [3.63, 3.8) is 0 Å². The first-order valence-electron chi connectivity index (χ1n) is 6.23. The molecule has 0 aliphatic rings. The molecule has 5 nitrogen and oxygen atoms in total. The van der Waals surface area contributed by atoms with Crippen molar-refractivity contribution >= 4 is 17.9 Å². The number of carbonyl (C=O) groups is 1. The van der Waals surface area contributed by atoms with Crippen LogP contribution in [0.2, 0.25) is 5.02 Å². The predicted octanol–water partition coefficient (Wildman–Crippen LogP) is 2.33. The summed E-state index contributed by atoms with van der Waals surface area (Å²) >= 11 is 6.03. The Bertz CT molecular complexity index is 447. The van der Waals surface area contributed by atoms with Crippen molar-refractivity contribution in [1.82, 2.24) is 0 Å². The van der Waals surface area contributed by atoms with Crippen molar-refractivity contribution < 1.29 is 24.1 Å². The molecule has 1 rings (SSSR count). The number of benzene rings is 1. The maximum Gasteiger partial charge on any atom is 0.179 e. The minimum Gasteiger partial charge on any atom is -0.493 e. The highest BCUT2D eigenvalue weighted by Gasteiger charge is 2.14. The number of rotatable bonds is 8. The minimum absolute atomic E-state index is 0.0171. The monoisotopic (exact) mass is 302 g/mol. The first kappa shape index (κ1) is 16.8. The van der Waals surface area contributed by atoms with E-state index >= 15 is 0 Å². The van der Waals surface area contributed by atoms with Crippen LogP contribution in [0, 0.1) is 0 Å². The van der Waals surface area contributed by atoms with Crippen LogP contribution in [-0.4, -0.2) is 43.9 Å². The van der Waals surface area contributed by atoms with Gasteiger partial charge in [-0.1, -0.05) is 11.6 Å². The standard InChI is InChI=1S/C14H19ClO5/c1-9(2)19-7-11(17)8-20-14-12(15)4-10(6-16)5-13(14)18-3/h4-6,9,11,17H,7-8H2,1-3H3. The van der Waals surface area contributed by atoms with E-state index < -0.39 is 6.10 Å². The summed E-state index contributed by atoms with van der Waals surface area (Å²) in [4.78, 5) is 10.7. The molecule has 0 heterocycles. The molecular weight excluding hydrogens is 284 g/mol. The summed E-state index contributed by atoms with van der Waals surface area (Å²) in [6.45, 7) is 3.95. The van der Waals surface area contributed by atoms with E-state index in [4.69, 9.17) is 25.8 Å². The molecule has 0 amide bonds. The molecule has 0 radical (unpaired) electrons. The second-order valence-electron chi connectivity index (χ2n) is 4.50. The zero-order valence-corrected chi connectivity index (χ0v) is 12.5. The summed E-state index contributed by atoms with van der Waals surface area (Å²) in [5.41, 5.74) is 0.392. The van der Waals surface area contributed by atoms with Gasteiger partial charge in [0.2, 0.25) is 0 Å². The average molecular weight is 303 g/mol. The number of hydrogen-bond acceptors (Lipinski definition) is 5. The van der Waals surface area contributed by atoms with Crippen LogP contribution in [0.4, 0.5) is 0 Å². The molecule has 0 aliphatic heterocycles. The zero-order valence-electron chi connectivity index (χ0n) is 11.8. The fourth-order valence-corrected chi connectivity index (χ4v) is 1.75.